The Morgan fingerprint density at radius 3 is 2.76 bits per heavy atom. The number of hydrogen-bond acceptors (Lipinski definition) is 4. The van der Waals surface area contributed by atoms with Crippen molar-refractivity contribution in [2.24, 2.45) is 5.92 Å². The molecule has 1 aliphatic rings. The number of benzene rings is 1. The van der Waals surface area contributed by atoms with Gasteiger partial charge in [-0.25, -0.2) is 0 Å². The molecule has 0 bridgehead atoms. The van der Waals surface area contributed by atoms with E-state index in [1.807, 2.05) is 18.2 Å². The van der Waals surface area contributed by atoms with E-state index in [0.29, 0.717) is 24.2 Å². The highest BCUT2D eigenvalue weighted by Crippen LogP contribution is 2.20. The summed E-state index contributed by atoms with van der Waals surface area (Å²) in [7, 11) is 0. The van der Waals surface area contributed by atoms with Crippen LogP contribution in [-0.4, -0.2) is 52.9 Å². The lowest BCUT2D eigenvalue weighted by atomic mass is 9.91. The van der Waals surface area contributed by atoms with Crippen molar-refractivity contribution in [1.82, 2.24) is 15.2 Å². The summed E-state index contributed by atoms with van der Waals surface area (Å²) in [4.78, 5) is 28.2. The second kappa shape index (κ2) is 8.09. The molecule has 0 saturated carbocycles. The normalized spacial score (nSPS) is 21.0. The molecule has 1 aromatic carbocycles. The summed E-state index contributed by atoms with van der Waals surface area (Å²) in [5, 5.41) is 12.6. The topological polar surface area (TPSA) is 85.4 Å². The number of aromatic amines is 1. The van der Waals surface area contributed by atoms with Gasteiger partial charge in [-0.1, -0.05) is 30.3 Å². The van der Waals surface area contributed by atoms with E-state index in [9.17, 15) is 14.7 Å². The summed E-state index contributed by atoms with van der Waals surface area (Å²) in [6.07, 6.45) is 1.51. The van der Waals surface area contributed by atoms with Crippen molar-refractivity contribution in [3.8, 4) is 0 Å². The number of nitrogens with one attached hydrogen (secondary N) is 2. The SMILES string of the molecule is O=Cc1ccc(C(=O)NC2CN(Cc3ccccc3)CCC2CO)[nH]1. The monoisotopic (exact) mass is 341 g/mol. The number of rotatable bonds is 6. The van der Waals surface area contributed by atoms with Crippen molar-refractivity contribution in [3.05, 3.63) is 59.4 Å². The van der Waals surface area contributed by atoms with E-state index in [-0.39, 0.29) is 24.5 Å². The second-order valence-corrected chi connectivity index (χ2v) is 6.48. The standard InChI is InChI=1S/C19H23N3O3/c23-12-15-8-9-22(10-14-4-2-1-3-5-14)11-18(15)21-19(25)17-7-6-16(13-24)20-17/h1-7,13,15,18,20,23H,8-12H2,(H,21,25). The zero-order chi connectivity index (χ0) is 17.6. The number of aromatic nitrogens is 1. The zero-order valence-electron chi connectivity index (χ0n) is 14.0. The van der Waals surface area contributed by atoms with E-state index in [4.69, 9.17) is 0 Å². The van der Waals surface area contributed by atoms with Crippen molar-refractivity contribution in [3.63, 3.8) is 0 Å². The van der Waals surface area contributed by atoms with Crippen LogP contribution in [0, 0.1) is 5.92 Å². The molecule has 1 aliphatic heterocycles. The Balaban J connectivity index is 1.64. The third-order valence-corrected chi connectivity index (χ3v) is 4.72. The first-order chi connectivity index (χ1) is 12.2. The number of hydrogen-bond donors (Lipinski definition) is 3. The van der Waals surface area contributed by atoms with E-state index in [1.54, 1.807) is 12.1 Å². The molecule has 0 spiro atoms. The maximum Gasteiger partial charge on any atom is 0.267 e. The largest absolute Gasteiger partial charge is 0.396 e. The van der Waals surface area contributed by atoms with Gasteiger partial charge >= 0.3 is 0 Å². The van der Waals surface area contributed by atoms with Crippen LogP contribution in [0.2, 0.25) is 0 Å². The molecule has 2 unspecified atom stereocenters. The van der Waals surface area contributed by atoms with Crippen LogP contribution < -0.4 is 5.32 Å². The molecule has 2 aromatic rings. The van der Waals surface area contributed by atoms with Crippen LogP contribution in [0.15, 0.2) is 42.5 Å². The Bertz CT molecular complexity index is 714. The number of piperidine rings is 1. The van der Waals surface area contributed by atoms with Crippen LogP contribution in [0.1, 0.15) is 33.0 Å². The Morgan fingerprint density at radius 1 is 1.28 bits per heavy atom. The number of aliphatic hydroxyl groups is 1. The Labute approximate surface area is 146 Å². The summed E-state index contributed by atoms with van der Waals surface area (Å²) < 4.78 is 0. The maximum absolute atomic E-state index is 12.4. The summed E-state index contributed by atoms with van der Waals surface area (Å²) in [5.74, 6) is -0.213. The van der Waals surface area contributed by atoms with Crippen LogP contribution in [0.3, 0.4) is 0 Å². The summed E-state index contributed by atoms with van der Waals surface area (Å²) >= 11 is 0. The lowest BCUT2D eigenvalue weighted by molar-refractivity contribution is 0.0727. The van der Waals surface area contributed by atoms with Gasteiger partial charge in [-0.05, 0) is 30.7 Å². The van der Waals surface area contributed by atoms with Gasteiger partial charge in [-0.2, -0.15) is 0 Å². The summed E-state index contributed by atoms with van der Waals surface area (Å²) in [5.41, 5.74) is 1.96. The molecular formula is C19H23N3O3. The van der Waals surface area contributed by atoms with Gasteiger partial charge in [0.1, 0.15) is 5.69 Å². The molecule has 1 saturated heterocycles. The zero-order valence-corrected chi connectivity index (χ0v) is 14.0. The van der Waals surface area contributed by atoms with Gasteiger partial charge in [0.05, 0.1) is 5.69 Å². The number of H-pyrrole nitrogens is 1. The highest BCUT2D eigenvalue weighted by Gasteiger charge is 2.30. The molecule has 1 aromatic heterocycles. The molecule has 1 fully saturated rings. The number of carbonyl (C=O) groups is 2. The third-order valence-electron chi connectivity index (χ3n) is 4.72. The van der Waals surface area contributed by atoms with Crippen molar-refractivity contribution < 1.29 is 14.7 Å². The predicted molar refractivity (Wildman–Crippen MR) is 94.3 cm³/mol. The molecular weight excluding hydrogens is 318 g/mol. The van der Waals surface area contributed by atoms with Gasteiger partial charge in [0.25, 0.3) is 5.91 Å². The molecule has 132 valence electrons. The average Bonchev–Trinajstić information content (AvgIpc) is 3.12. The van der Waals surface area contributed by atoms with Crippen molar-refractivity contribution in [1.29, 1.82) is 0 Å². The van der Waals surface area contributed by atoms with Gasteiger partial charge in [0.2, 0.25) is 0 Å². The van der Waals surface area contributed by atoms with Crippen LogP contribution in [0.25, 0.3) is 0 Å². The summed E-state index contributed by atoms with van der Waals surface area (Å²) in [6.45, 7) is 2.45. The molecule has 3 N–H and O–H groups in total. The first-order valence-corrected chi connectivity index (χ1v) is 8.52. The van der Waals surface area contributed by atoms with Crippen LogP contribution in [-0.2, 0) is 6.54 Å². The molecule has 0 radical (unpaired) electrons. The first-order valence-electron chi connectivity index (χ1n) is 8.52. The van der Waals surface area contributed by atoms with Gasteiger partial charge in [-0.3, -0.25) is 14.5 Å². The summed E-state index contributed by atoms with van der Waals surface area (Å²) in [6, 6.07) is 13.3. The first kappa shape index (κ1) is 17.4. The van der Waals surface area contributed by atoms with Gasteiger partial charge in [-0.15, -0.1) is 0 Å². The Morgan fingerprint density at radius 2 is 2.08 bits per heavy atom. The Hall–Kier alpha value is -2.44. The van der Waals surface area contributed by atoms with Crippen LogP contribution in [0.4, 0.5) is 0 Å². The smallest absolute Gasteiger partial charge is 0.267 e. The van der Waals surface area contributed by atoms with Gasteiger partial charge in [0, 0.05) is 31.7 Å². The minimum atomic E-state index is -0.252. The van der Waals surface area contributed by atoms with Crippen LogP contribution >= 0.6 is 0 Å². The molecule has 1 amide bonds. The molecule has 6 heteroatoms. The quantitative estimate of drug-likeness (QED) is 0.694. The maximum atomic E-state index is 12.4. The van der Waals surface area contributed by atoms with Gasteiger partial charge < -0.3 is 15.4 Å². The average molecular weight is 341 g/mol. The van der Waals surface area contributed by atoms with E-state index in [2.05, 4.69) is 27.3 Å². The van der Waals surface area contributed by atoms with E-state index in [1.165, 1.54) is 5.56 Å². The van der Waals surface area contributed by atoms with E-state index < -0.39 is 0 Å². The Kier molecular flexibility index (Phi) is 5.63. The second-order valence-electron chi connectivity index (χ2n) is 6.48. The third kappa shape index (κ3) is 4.35. The number of nitrogens with zero attached hydrogens (tertiary/aromatic N) is 1. The molecule has 0 aliphatic carbocycles. The lowest BCUT2D eigenvalue weighted by Crippen LogP contribution is -2.53. The highest BCUT2D eigenvalue weighted by atomic mass is 16.3. The fourth-order valence-corrected chi connectivity index (χ4v) is 3.29. The molecule has 2 atom stereocenters. The minimum absolute atomic E-state index is 0.0384. The number of amides is 1. The van der Waals surface area contributed by atoms with Gasteiger partial charge in [0.15, 0.2) is 6.29 Å². The van der Waals surface area contributed by atoms with Crippen molar-refractivity contribution in [2.45, 2.75) is 19.0 Å². The van der Waals surface area contributed by atoms with Crippen LogP contribution in [0.5, 0.6) is 0 Å². The molecule has 2 heterocycles. The fourth-order valence-electron chi connectivity index (χ4n) is 3.29. The number of aldehydes is 1. The fraction of sp³-hybridized carbons (Fsp3) is 0.368. The van der Waals surface area contributed by atoms with Crippen molar-refractivity contribution >= 4 is 12.2 Å². The molecule has 25 heavy (non-hydrogen) atoms. The number of likely N-dealkylation sites (tertiary alicyclic amines) is 1. The number of carbonyl (C=O) groups excluding carboxylic acids is 2. The minimum Gasteiger partial charge on any atom is -0.396 e. The van der Waals surface area contributed by atoms with Crippen molar-refractivity contribution in [2.75, 3.05) is 19.7 Å². The highest BCUT2D eigenvalue weighted by molar-refractivity contribution is 5.93. The predicted octanol–water partition coefficient (Wildman–Crippen LogP) is 1.44. The number of aliphatic hydroxyl groups excluding tert-OH is 1. The lowest BCUT2D eigenvalue weighted by Gasteiger charge is -2.38. The molecule has 3 rings (SSSR count). The van der Waals surface area contributed by atoms with E-state index in [0.717, 1.165) is 19.5 Å². The van der Waals surface area contributed by atoms with E-state index >= 15 is 0 Å². The molecule has 6 nitrogen and oxygen atoms in total.